The van der Waals surface area contributed by atoms with Crippen LogP contribution in [0.3, 0.4) is 0 Å². The van der Waals surface area contributed by atoms with Gasteiger partial charge in [0.25, 0.3) is 5.91 Å². The summed E-state index contributed by atoms with van der Waals surface area (Å²) >= 11 is 1.43. The van der Waals surface area contributed by atoms with Gasteiger partial charge in [0, 0.05) is 26.2 Å². The van der Waals surface area contributed by atoms with Gasteiger partial charge in [-0.25, -0.2) is 4.98 Å². The van der Waals surface area contributed by atoms with E-state index in [9.17, 15) is 9.59 Å². The first-order valence-corrected chi connectivity index (χ1v) is 9.39. The Bertz CT molecular complexity index is 706. The number of piperidine rings is 1. The Morgan fingerprint density at radius 3 is 2.75 bits per heavy atom. The maximum atomic E-state index is 12.8. The normalized spacial score (nSPS) is 17.9. The Hall–Kier alpha value is -1.95. The molecular weight excluding hydrogens is 322 g/mol. The number of aromatic nitrogens is 1. The quantitative estimate of drug-likeness (QED) is 0.856. The molecule has 2 heterocycles. The molecule has 1 aliphatic rings. The predicted molar refractivity (Wildman–Crippen MR) is 96.2 cm³/mol. The first kappa shape index (κ1) is 16.9. The van der Waals surface area contributed by atoms with Crippen LogP contribution in [0.15, 0.2) is 24.3 Å². The molecule has 1 aromatic heterocycles. The molecule has 1 saturated heterocycles. The van der Waals surface area contributed by atoms with E-state index in [4.69, 9.17) is 0 Å². The summed E-state index contributed by atoms with van der Waals surface area (Å²) < 4.78 is 1.02. The van der Waals surface area contributed by atoms with E-state index >= 15 is 0 Å². The number of likely N-dealkylation sites (tertiary alicyclic amines) is 1. The summed E-state index contributed by atoms with van der Waals surface area (Å²) in [6.07, 6.45) is 1.73. The minimum absolute atomic E-state index is 0.0479. The molecule has 24 heavy (non-hydrogen) atoms. The predicted octanol–water partition coefficient (Wildman–Crippen LogP) is 3.02. The van der Waals surface area contributed by atoms with E-state index in [-0.39, 0.29) is 17.7 Å². The van der Waals surface area contributed by atoms with E-state index in [1.807, 2.05) is 43.0 Å². The molecule has 2 aromatic rings. The second-order valence-corrected chi connectivity index (χ2v) is 7.12. The zero-order valence-electron chi connectivity index (χ0n) is 14.2. The monoisotopic (exact) mass is 345 g/mol. The van der Waals surface area contributed by atoms with Crippen molar-refractivity contribution in [3.8, 4) is 0 Å². The van der Waals surface area contributed by atoms with Gasteiger partial charge >= 0.3 is 0 Å². The van der Waals surface area contributed by atoms with Crippen LogP contribution in [0.5, 0.6) is 0 Å². The van der Waals surface area contributed by atoms with Crippen LogP contribution in [0.25, 0.3) is 10.2 Å². The van der Waals surface area contributed by atoms with Gasteiger partial charge in [0.2, 0.25) is 5.91 Å². The van der Waals surface area contributed by atoms with Crippen LogP contribution in [-0.2, 0) is 4.79 Å². The molecular formula is C18H23N3O2S. The number of benzene rings is 1. The molecule has 3 rings (SSSR count). The molecule has 6 heteroatoms. The third kappa shape index (κ3) is 3.29. The lowest BCUT2D eigenvalue weighted by Crippen LogP contribution is -2.46. The summed E-state index contributed by atoms with van der Waals surface area (Å²) in [7, 11) is 0. The van der Waals surface area contributed by atoms with Crippen LogP contribution >= 0.6 is 11.3 Å². The number of amides is 2. The number of carbonyl (C=O) groups excluding carboxylic acids is 2. The molecule has 0 spiro atoms. The van der Waals surface area contributed by atoms with Gasteiger partial charge in [0.05, 0.1) is 16.1 Å². The van der Waals surface area contributed by atoms with E-state index in [0.717, 1.165) is 36.1 Å². The van der Waals surface area contributed by atoms with Gasteiger partial charge < -0.3 is 9.80 Å². The number of hydrogen-bond acceptors (Lipinski definition) is 4. The Kier molecular flexibility index (Phi) is 5.14. The standard InChI is InChI=1S/C18H23N3O2S/c1-3-20(4-2)17(22)13-8-7-11-21(12-13)18(23)16-19-14-9-5-6-10-15(14)24-16/h5-6,9-10,13H,3-4,7-8,11-12H2,1-2H3. The van der Waals surface area contributed by atoms with Crippen LogP contribution in [0.2, 0.25) is 0 Å². The Labute approximate surface area is 146 Å². The summed E-state index contributed by atoms with van der Waals surface area (Å²) in [5.41, 5.74) is 0.860. The fraction of sp³-hybridized carbons (Fsp3) is 0.500. The maximum absolute atomic E-state index is 12.8. The van der Waals surface area contributed by atoms with Crippen molar-refractivity contribution < 1.29 is 9.59 Å². The average molecular weight is 345 g/mol. The van der Waals surface area contributed by atoms with Crippen LogP contribution < -0.4 is 0 Å². The number of fused-ring (bicyclic) bond motifs is 1. The summed E-state index contributed by atoms with van der Waals surface area (Å²) in [6.45, 7) is 6.64. The minimum atomic E-state index is -0.0861. The van der Waals surface area contributed by atoms with Crippen molar-refractivity contribution in [3.63, 3.8) is 0 Å². The van der Waals surface area contributed by atoms with E-state index in [1.165, 1.54) is 11.3 Å². The number of rotatable bonds is 4. The number of para-hydroxylation sites is 1. The Morgan fingerprint density at radius 2 is 2.04 bits per heavy atom. The molecule has 1 atom stereocenters. The van der Waals surface area contributed by atoms with Crippen LogP contribution in [0.1, 0.15) is 36.5 Å². The largest absolute Gasteiger partial charge is 0.343 e. The number of carbonyl (C=O) groups is 2. The molecule has 5 nitrogen and oxygen atoms in total. The van der Waals surface area contributed by atoms with Crippen molar-refractivity contribution in [1.29, 1.82) is 0 Å². The lowest BCUT2D eigenvalue weighted by molar-refractivity contribution is -0.136. The maximum Gasteiger partial charge on any atom is 0.282 e. The van der Waals surface area contributed by atoms with E-state index in [1.54, 1.807) is 4.90 Å². The number of hydrogen-bond donors (Lipinski definition) is 0. The highest BCUT2D eigenvalue weighted by molar-refractivity contribution is 7.20. The first-order valence-electron chi connectivity index (χ1n) is 8.57. The highest BCUT2D eigenvalue weighted by Gasteiger charge is 2.31. The molecule has 2 amide bonds. The molecule has 0 bridgehead atoms. The molecule has 128 valence electrons. The topological polar surface area (TPSA) is 53.5 Å². The average Bonchev–Trinajstić information content (AvgIpc) is 3.06. The zero-order valence-corrected chi connectivity index (χ0v) is 15.0. The summed E-state index contributed by atoms with van der Waals surface area (Å²) in [6, 6.07) is 7.78. The molecule has 1 fully saturated rings. The second kappa shape index (κ2) is 7.30. The Balaban J connectivity index is 1.74. The van der Waals surface area contributed by atoms with Gasteiger partial charge in [-0.15, -0.1) is 11.3 Å². The summed E-state index contributed by atoms with van der Waals surface area (Å²) in [5.74, 6) is 0.0343. The van der Waals surface area contributed by atoms with Gasteiger partial charge in [0.1, 0.15) is 0 Å². The van der Waals surface area contributed by atoms with E-state index in [2.05, 4.69) is 4.98 Å². The van der Waals surface area contributed by atoms with Crippen molar-refractivity contribution in [3.05, 3.63) is 29.3 Å². The molecule has 1 unspecified atom stereocenters. The van der Waals surface area contributed by atoms with Crippen molar-refractivity contribution in [2.75, 3.05) is 26.2 Å². The number of thiazole rings is 1. The highest BCUT2D eigenvalue weighted by Crippen LogP contribution is 2.25. The lowest BCUT2D eigenvalue weighted by Gasteiger charge is -2.34. The fourth-order valence-electron chi connectivity index (χ4n) is 3.26. The SMILES string of the molecule is CCN(CC)C(=O)C1CCCN(C(=O)c2nc3ccccc3s2)C1. The third-order valence-corrected chi connectivity index (χ3v) is 5.63. The number of nitrogens with zero attached hydrogens (tertiary/aromatic N) is 3. The molecule has 0 saturated carbocycles. The Morgan fingerprint density at radius 1 is 1.29 bits per heavy atom. The third-order valence-electron chi connectivity index (χ3n) is 4.61. The van der Waals surface area contributed by atoms with E-state index in [0.29, 0.717) is 18.1 Å². The zero-order chi connectivity index (χ0) is 17.1. The van der Waals surface area contributed by atoms with Crippen molar-refractivity contribution in [1.82, 2.24) is 14.8 Å². The van der Waals surface area contributed by atoms with Crippen molar-refractivity contribution >= 4 is 33.4 Å². The van der Waals surface area contributed by atoms with Crippen LogP contribution in [0.4, 0.5) is 0 Å². The molecule has 1 aromatic carbocycles. The lowest BCUT2D eigenvalue weighted by atomic mass is 9.96. The minimum Gasteiger partial charge on any atom is -0.343 e. The second-order valence-electron chi connectivity index (χ2n) is 6.09. The smallest absolute Gasteiger partial charge is 0.282 e. The first-order chi connectivity index (χ1) is 11.6. The van der Waals surface area contributed by atoms with Gasteiger partial charge in [-0.2, -0.15) is 0 Å². The molecule has 0 aliphatic carbocycles. The fourth-order valence-corrected chi connectivity index (χ4v) is 4.19. The molecule has 0 N–H and O–H groups in total. The summed E-state index contributed by atoms with van der Waals surface area (Å²) in [5, 5.41) is 0.520. The highest BCUT2D eigenvalue weighted by atomic mass is 32.1. The van der Waals surface area contributed by atoms with Gasteiger partial charge in [-0.3, -0.25) is 9.59 Å². The van der Waals surface area contributed by atoms with E-state index < -0.39 is 0 Å². The van der Waals surface area contributed by atoms with Crippen LogP contribution in [-0.4, -0.2) is 52.8 Å². The van der Waals surface area contributed by atoms with Gasteiger partial charge in [0.15, 0.2) is 5.01 Å². The molecule has 0 radical (unpaired) electrons. The molecule has 1 aliphatic heterocycles. The van der Waals surface area contributed by atoms with Crippen molar-refractivity contribution in [2.24, 2.45) is 5.92 Å². The van der Waals surface area contributed by atoms with Crippen molar-refractivity contribution in [2.45, 2.75) is 26.7 Å². The van der Waals surface area contributed by atoms with Crippen LogP contribution in [0, 0.1) is 5.92 Å². The van der Waals surface area contributed by atoms with Gasteiger partial charge in [-0.1, -0.05) is 12.1 Å². The summed E-state index contributed by atoms with van der Waals surface area (Å²) in [4.78, 5) is 33.5. The van der Waals surface area contributed by atoms with Gasteiger partial charge in [-0.05, 0) is 38.8 Å².